The highest BCUT2D eigenvalue weighted by Gasteiger charge is 2.31. The number of morpholine rings is 1. The molecular weight excluding hydrogens is 456 g/mol. The van der Waals surface area contributed by atoms with Crippen molar-refractivity contribution in [3.63, 3.8) is 0 Å². The summed E-state index contributed by atoms with van der Waals surface area (Å²) in [5.74, 6) is -0.579. The van der Waals surface area contributed by atoms with Gasteiger partial charge in [-0.15, -0.1) is 22.7 Å². The summed E-state index contributed by atoms with van der Waals surface area (Å²) >= 11 is 3.09. The third kappa shape index (κ3) is 4.83. The Kier molecular flexibility index (Phi) is 6.75. The van der Waals surface area contributed by atoms with Crippen LogP contribution in [0.15, 0.2) is 53.9 Å². The second-order valence-electron chi connectivity index (χ2n) is 8.13. The van der Waals surface area contributed by atoms with E-state index in [1.165, 1.54) is 16.2 Å². The molecule has 0 radical (unpaired) electrons. The number of thiophene rings is 2. The number of anilines is 1. The van der Waals surface area contributed by atoms with Crippen molar-refractivity contribution in [1.29, 1.82) is 0 Å². The van der Waals surface area contributed by atoms with Crippen LogP contribution in [0, 0.1) is 0 Å². The van der Waals surface area contributed by atoms with Gasteiger partial charge in [-0.25, -0.2) is 4.79 Å². The quantitative estimate of drug-likeness (QED) is 0.471. The number of rotatable bonds is 6. The van der Waals surface area contributed by atoms with Crippen LogP contribution in [0.4, 0.5) is 5.00 Å². The van der Waals surface area contributed by atoms with Gasteiger partial charge in [0.2, 0.25) is 0 Å². The maximum atomic E-state index is 12.9. The smallest absolute Gasteiger partial charge is 0.348 e. The molecule has 2 aromatic heterocycles. The maximum absolute atomic E-state index is 12.9. The molecule has 1 unspecified atom stereocenters. The Bertz CT molecular complexity index is 1090. The SMILES string of the molecule is O=C(OCC(=O)N1CCCC1c1cccs1)c1cc(-c2ccccc2)c(N2CCOCC2)s1. The van der Waals surface area contributed by atoms with Crippen molar-refractivity contribution in [3.8, 4) is 11.1 Å². The van der Waals surface area contributed by atoms with E-state index in [2.05, 4.69) is 11.0 Å². The number of carbonyl (C=O) groups excluding carboxylic acids is 2. The number of likely N-dealkylation sites (tertiary alicyclic amines) is 1. The molecule has 2 aliphatic rings. The monoisotopic (exact) mass is 482 g/mol. The molecule has 2 aliphatic heterocycles. The number of benzene rings is 1. The first-order valence-corrected chi connectivity index (χ1v) is 12.9. The molecule has 172 valence electrons. The highest BCUT2D eigenvalue weighted by atomic mass is 32.1. The van der Waals surface area contributed by atoms with E-state index in [1.54, 1.807) is 11.3 Å². The fraction of sp³-hybridized carbons (Fsp3) is 0.360. The third-order valence-corrected chi connectivity index (χ3v) is 8.22. The number of amides is 1. The summed E-state index contributed by atoms with van der Waals surface area (Å²) in [6.07, 6.45) is 1.92. The second-order valence-corrected chi connectivity index (χ2v) is 10.1. The zero-order chi connectivity index (χ0) is 22.6. The number of hydrogen-bond acceptors (Lipinski definition) is 7. The van der Waals surface area contributed by atoms with Gasteiger partial charge in [0.1, 0.15) is 4.88 Å². The topological polar surface area (TPSA) is 59.1 Å². The lowest BCUT2D eigenvalue weighted by molar-refractivity contribution is -0.135. The molecule has 1 amide bonds. The van der Waals surface area contributed by atoms with Gasteiger partial charge in [0.05, 0.1) is 24.3 Å². The molecule has 2 saturated heterocycles. The van der Waals surface area contributed by atoms with Crippen LogP contribution in [-0.2, 0) is 14.3 Å². The van der Waals surface area contributed by atoms with Crippen LogP contribution in [0.5, 0.6) is 0 Å². The Hall–Kier alpha value is -2.68. The van der Waals surface area contributed by atoms with Crippen molar-refractivity contribution in [1.82, 2.24) is 4.90 Å². The van der Waals surface area contributed by atoms with Crippen LogP contribution < -0.4 is 4.90 Å². The van der Waals surface area contributed by atoms with Gasteiger partial charge in [0.25, 0.3) is 5.91 Å². The number of ether oxygens (including phenoxy) is 2. The van der Waals surface area contributed by atoms with Crippen molar-refractivity contribution >= 4 is 39.6 Å². The molecule has 33 heavy (non-hydrogen) atoms. The van der Waals surface area contributed by atoms with E-state index in [4.69, 9.17) is 9.47 Å². The van der Waals surface area contributed by atoms with Crippen LogP contribution in [0.1, 0.15) is 33.4 Å². The van der Waals surface area contributed by atoms with Gasteiger partial charge >= 0.3 is 5.97 Å². The minimum atomic E-state index is -0.447. The van der Waals surface area contributed by atoms with E-state index in [9.17, 15) is 9.59 Å². The molecule has 0 bridgehead atoms. The number of carbonyl (C=O) groups is 2. The van der Waals surface area contributed by atoms with E-state index >= 15 is 0 Å². The molecule has 0 spiro atoms. The van der Waals surface area contributed by atoms with E-state index in [1.807, 2.05) is 52.7 Å². The average Bonchev–Trinajstić information content (AvgIpc) is 3.63. The molecule has 5 rings (SSSR count). The number of nitrogens with zero attached hydrogens (tertiary/aromatic N) is 2. The molecule has 6 nitrogen and oxygen atoms in total. The summed E-state index contributed by atoms with van der Waals surface area (Å²) in [6, 6.07) is 16.1. The molecule has 1 atom stereocenters. The summed E-state index contributed by atoms with van der Waals surface area (Å²) in [6.45, 7) is 3.38. The van der Waals surface area contributed by atoms with Crippen molar-refractivity contribution in [2.24, 2.45) is 0 Å². The minimum absolute atomic E-state index is 0.0931. The first-order chi connectivity index (χ1) is 16.2. The lowest BCUT2D eigenvalue weighted by Crippen LogP contribution is -2.35. The number of hydrogen-bond donors (Lipinski definition) is 0. The summed E-state index contributed by atoms with van der Waals surface area (Å²) in [7, 11) is 0. The molecule has 8 heteroatoms. The molecule has 0 saturated carbocycles. The summed E-state index contributed by atoms with van der Waals surface area (Å²) in [5.41, 5.74) is 2.07. The molecular formula is C25H26N2O4S2. The predicted molar refractivity (Wildman–Crippen MR) is 131 cm³/mol. The lowest BCUT2D eigenvalue weighted by atomic mass is 10.1. The Labute approximate surface area is 201 Å². The van der Waals surface area contributed by atoms with Crippen LogP contribution >= 0.6 is 22.7 Å². The van der Waals surface area contributed by atoms with E-state index in [0.717, 1.165) is 42.1 Å². The van der Waals surface area contributed by atoms with Crippen molar-refractivity contribution in [2.45, 2.75) is 18.9 Å². The first-order valence-electron chi connectivity index (χ1n) is 11.2. The zero-order valence-electron chi connectivity index (χ0n) is 18.3. The van der Waals surface area contributed by atoms with Gasteiger partial charge in [-0.2, -0.15) is 0 Å². The van der Waals surface area contributed by atoms with E-state index in [-0.39, 0.29) is 18.6 Å². The average molecular weight is 483 g/mol. The Morgan fingerprint density at radius 2 is 1.88 bits per heavy atom. The van der Waals surface area contributed by atoms with Gasteiger partial charge in [-0.3, -0.25) is 4.79 Å². The Morgan fingerprint density at radius 1 is 1.06 bits per heavy atom. The van der Waals surface area contributed by atoms with Crippen molar-refractivity contribution in [2.75, 3.05) is 44.4 Å². The second kappa shape index (κ2) is 10.1. The van der Waals surface area contributed by atoms with E-state index in [0.29, 0.717) is 24.6 Å². The van der Waals surface area contributed by atoms with E-state index < -0.39 is 5.97 Å². The van der Waals surface area contributed by atoms with Gasteiger partial charge < -0.3 is 19.3 Å². The summed E-state index contributed by atoms with van der Waals surface area (Å²) in [5, 5.41) is 3.07. The van der Waals surface area contributed by atoms with Crippen LogP contribution in [0.25, 0.3) is 11.1 Å². The molecule has 2 fully saturated rings. The fourth-order valence-electron chi connectivity index (χ4n) is 4.43. The summed E-state index contributed by atoms with van der Waals surface area (Å²) in [4.78, 5) is 31.6. The van der Waals surface area contributed by atoms with Gasteiger partial charge in [0, 0.05) is 30.1 Å². The molecule has 3 aromatic rings. The fourth-order valence-corrected chi connectivity index (χ4v) is 6.43. The highest BCUT2D eigenvalue weighted by molar-refractivity contribution is 7.18. The third-order valence-electron chi connectivity index (χ3n) is 6.07. The maximum Gasteiger partial charge on any atom is 0.348 e. The zero-order valence-corrected chi connectivity index (χ0v) is 19.9. The van der Waals surface area contributed by atoms with Crippen LogP contribution in [-0.4, -0.2) is 56.2 Å². The number of esters is 1. The molecule has 0 N–H and O–H groups in total. The van der Waals surface area contributed by atoms with Gasteiger partial charge in [-0.05, 0) is 35.9 Å². The normalized spacial score (nSPS) is 18.5. The van der Waals surface area contributed by atoms with Crippen molar-refractivity contribution in [3.05, 3.63) is 63.7 Å². The predicted octanol–water partition coefficient (Wildman–Crippen LogP) is 4.83. The van der Waals surface area contributed by atoms with Gasteiger partial charge in [0.15, 0.2) is 6.61 Å². The Balaban J connectivity index is 1.30. The highest BCUT2D eigenvalue weighted by Crippen LogP contribution is 2.40. The standard InChI is InChI=1S/C25H26N2O4S2/c28-23(27-10-4-8-20(27)21-9-5-15-32-21)17-31-25(29)22-16-19(18-6-2-1-3-7-18)24(33-22)26-11-13-30-14-12-26/h1-3,5-7,9,15-16,20H,4,8,10-14,17H2. The summed E-state index contributed by atoms with van der Waals surface area (Å²) < 4.78 is 11.0. The minimum Gasteiger partial charge on any atom is -0.451 e. The largest absolute Gasteiger partial charge is 0.451 e. The Morgan fingerprint density at radius 3 is 2.64 bits per heavy atom. The first kappa shape index (κ1) is 22.1. The van der Waals surface area contributed by atoms with Crippen LogP contribution in [0.2, 0.25) is 0 Å². The lowest BCUT2D eigenvalue weighted by Gasteiger charge is -2.28. The molecule has 0 aliphatic carbocycles. The van der Waals surface area contributed by atoms with Gasteiger partial charge in [-0.1, -0.05) is 36.4 Å². The van der Waals surface area contributed by atoms with Crippen LogP contribution in [0.3, 0.4) is 0 Å². The van der Waals surface area contributed by atoms with Crippen molar-refractivity contribution < 1.29 is 19.1 Å². The molecule has 4 heterocycles. The molecule has 1 aromatic carbocycles.